The van der Waals surface area contributed by atoms with Gasteiger partial charge in [0.25, 0.3) is 5.91 Å². The lowest BCUT2D eigenvalue weighted by atomic mass is 9.86. The minimum absolute atomic E-state index is 0.0305. The summed E-state index contributed by atoms with van der Waals surface area (Å²) in [5, 5.41) is 2.84. The summed E-state index contributed by atoms with van der Waals surface area (Å²) in [5.74, 6) is -4.41. The fourth-order valence-corrected chi connectivity index (χ4v) is 3.60. The summed E-state index contributed by atoms with van der Waals surface area (Å²) in [6.07, 6.45) is 4.11. The molecule has 26 heavy (non-hydrogen) atoms. The van der Waals surface area contributed by atoms with Crippen molar-refractivity contribution in [2.45, 2.75) is 49.3 Å². The van der Waals surface area contributed by atoms with Crippen LogP contribution in [0.4, 0.5) is 8.78 Å². The molecule has 1 aromatic carbocycles. The highest BCUT2D eigenvalue weighted by Gasteiger charge is 2.27. The van der Waals surface area contributed by atoms with Crippen LogP contribution in [-0.2, 0) is 19.4 Å². The third-order valence-corrected chi connectivity index (χ3v) is 5.84. The molecule has 0 heterocycles. The van der Waals surface area contributed by atoms with Crippen LogP contribution in [-0.4, -0.2) is 38.7 Å². The van der Waals surface area contributed by atoms with E-state index in [9.17, 15) is 26.8 Å². The summed E-state index contributed by atoms with van der Waals surface area (Å²) in [6.45, 7) is 1.60. The van der Waals surface area contributed by atoms with Gasteiger partial charge in [0, 0.05) is 6.04 Å². The van der Waals surface area contributed by atoms with Crippen molar-refractivity contribution in [2.24, 2.45) is 5.92 Å². The molecule has 1 aromatic rings. The molecule has 2 atom stereocenters. The first-order valence-corrected chi connectivity index (χ1v) is 9.85. The van der Waals surface area contributed by atoms with Gasteiger partial charge in [-0.15, -0.1) is 0 Å². The van der Waals surface area contributed by atoms with Gasteiger partial charge in [0.1, 0.15) is 0 Å². The lowest BCUT2D eigenvalue weighted by molar-refractivity contribution is -0.125. The van der Waals surface area contributed by atoms with Gasteiger partial charge in [-0.2, -0.15) is 8.78 Å². The highest BCUT2D eigenvalue weighted by atomic mass is 32.2. The molecule has 0 bridgehead atoms. The zero-order chi connectivity index (χ0) is 19.3. The summed E-state index contributed by atoms with van der Waals surface area (Å²) in [6, 6.07) is 4.01. The third-order valence-electron chi connectivity index (χ3n) is 4.45. The highest BCUT2D eigenvalue weighted by molar-refractivity contribution is 7.91. The van der Waals surface area contributed by atoms with Crippen molar-refractivity contribution in [2.75, 3.05) is 6.61 Å². The lowest BCUT2D eigenvalue weighted by Crippen LogP contribution is -2.42. The van der Waals surface area contributed by atoms with Crippen LogP contribution in [0.3, 0.4) is 0 Å². The average Bonchev–Trinajstić information content (AvgIpc) is 2.61. The van der Waals surface area contributed by atoms with Crippen molar-refractivity contribution < 1.29 is 31.5 Å². The number of ether oxygens (including phenoxy) is 1. The number of rotatable bonds is 6. The first kappa shape index (κ1) is 20.3. The second kappa shape index (κ2) is 8.57. The second-order valence-electron chi connectivity index (χ2n) is 6.34. The van der Waals surface area contributed by atoms with Gasteiger partial charge in [0.15, 0.2) is 6.61 Å². The van der Waals surface area contributed by atoms with Gasteiger partial charge in [-0.05, 0) is 43.0 Å². The SMILES string of the molecule is C[C@@H]1CCCC[C@@H]1NC(=O)COC(=O)c1ccc(S(=O)(=O)C(F)F)cc1. The Bertz CT molecular complexity index is 749. The Morgan fingerprint density at radius 3 is 2.38 bits per heavy atom. The zero-order valence-corrected chi connectivity index (χ0v) is 15.1. The van der Waals surface area contributed by atoms with Crippen molar-refractivity contribution in [3.63, 3.8) is 0 Å². The lowest BCUT2D eigenvalue weighted by Gasteiger charge is -2.29. The van der Waals surface area contributed by atoms with Crippen molar-refractivity contribution >= 4 is 21.7 Å². The van der Waals surface area contributed by atoms with E-state index in [0.717, 1.165) is 49.9 Å². The molecule has 0 aliphatic heterocycles. The molecule has 0 unspecified atom stereocenters. The van der Waals surface area contributed by atoms with Crippen molar-refractivity contribution in [3.8, 4) is 0 Å². The van der Waals surface area contributed by atoms with Gasteiger partial charge >= 0.3 is 11.7 Å². The Morgan fingerprint density at radius 2 is 1.81 bits per heavy atom. The van der Waals surface area contributed by atoms with Gasteiger partial charge in [-0.1, -0.05) is 19.8 Å². The van der Waals surface area contributed by atoms with E-state index >= 15 is 0 Å². The largest absolute Gasteiger partial charge is 0.452 e. The molecule has 2 rings (SSSR count). The van der Waals surface area contributed by atoms with E-state index in [0.29, 0.717) is 5.92 Å². The number of esters is 1. The number of alkyl halides is 2. The third kappa shape index (κ3) is 5.00. The number of amides is 1. The molecular weight excluding hydrogens is 368 g/mol. The number of hydrogen-bond acceptors (Lipinski definition) is 5. The molecule has 144 valence electrons. The first-order valence-electron chi connectivity index (χ1n) is 8.30. The zero-order valence-electron chi connectivity index (χ0n) is 14.3. The van der Waals surface area contributed by atoms with Crippen LogP contribution in [0.1, 0.15) is 43.0 Å². The summed E-state index contributed by atoms with van der Waals surface area (Å²) in [7, 11) is -4.72. The smallest absolute Gasteiger partial charge is 0.341 e. The molecule has 1 saturated carbocycles. The van der Waals surface area contributed by atoms with Crippen LogP contribution >= 0.6 is 0 Å². The van der Waals surface area contributed by atoms with Crippen LogP contribution in [0.15, 0.2) is 29.2 Å². The van der Waals surface area contributed by atoms with E-state index in [1.165, 1.54) is 0 Å². The molecule has 0 spiro atoms. The average molecular weight is 389 g/mol. The number of carbonyl (C=O) groups excluding carboxylic acids is 2. The molecule has 1 N–H and O–H groups in total. The van der Waals surface area contributed by atoms with E-state index in [2.05, 4.69) is 12.2 Å². The van der Waals surface area contributed by atoms with Crippen molar-refractivity contribution in [1.82, 2.24) is 5.32 Å². The van der Waals surface area contributed by atoms with E-state index in [-0.39, 0.29) is 11.6 Å². The Morgan fingerprint density at radius 1 is 1.19 bits per heavy atom. The number of sulfone groups is 1. The van der Waals surface area contributed by atoms with E-state index in [4.69, 9.17) is 4.74 Å². The predicted octanol–water partition coefficient (Wildman–Crippen LogP) is 2.53. The van der Waals surface area contributed by atoms with Crippen LogP contribution in [0.5, 0.6) is 0 Å². The summed E-state index contributed by atoms with van der Waals surface area (Å²) in [4.78, 5) is 23.2. The maximum absolute atomic E-state index is 12.5. The standard InChI is InChI=1S/C17H21F2NO5S/c1-11-4-2-3-5-14(11)20-15(21)10-25-16(22)12-6-8-13(9-7-12)26(23,24)17(18)19/h6-9,11,14,17H,2-5,10H2,1H3,(H,20,21)/t11-,14+/m1/s1. The van der Waals surface area contributed by atoms with Gasteiger partial charge < -0.3 is 10.1 Å². The quantitative estimate of drug-likeness (QED) is 0.755. The monoisotopic (exact) mass is 389 g/mol. The number of benzene rings is 1. The maximum Gasteiger partial charge on any atom is 0.341 e. The summed E-state index contributed by atoms with van der Waals surface area (Å²) < 4.78 is 52.5. The van der Waals surface area contributed by atoms with Gasteiger partial charge in [-0.25, -0.2) is 13.2 Å². The predicted molar refractivity (Wildman–Crippen MR) is 89.5 cm³/mol. The van der Waals surface area contributed by atoms with Crippen LogP contribution < -0.4 is 5.32 Å². The Balaban J connectivity index is 1.88. The first-order chi connectivity index (χ1) is 12.2. The Kier molecular flexibility index (Phi) is 6.69. The normalized spacial score (nSPS) is 20.6. The van der Waals surface area contributed by atoms with Crippen molar-refractivity contribution in [1.29, 1.82) is 0 Å². The molecule has 6 nitrogen and oxygen atoms in total. The van der Waals surface area contributed by atoms with Gasteiger partial charge in [0.2, 0.25) is 9.84 Å². The van der Waals surface area contributed by atoms with Gasteiger partial charge in [-0.3, -0.25) is 4.79 Å². The maximum atomic E-state index is 12.5. The molecule has 1 fully saturated rings. The molecule has 1 amide bonds. The molecule has 0 saturated heterocycles. The summed E-state index contributed by atoms with van der Waals surface area (Å²) in [5.41, 5.74) is -0.0305. The number of carbonyl (C=O) groups is 2. The molecule has 1 aliphatic rings. The highest BCUT2D eigenvalue weighted by Crippen LogP contribution is 2.23. The van der Waals surface area contributed by atoms with E-state index < -0.39 is 39.0 Å². The van der Waals surface area contributed by atoms with Crippen LogP contribution in [0.2, 0.25) is 0 Å². The van der Waals surface area contributed by atoms with Crippen molar-refractivity contribution in [3.05, 3.63) is 29.8 Å². The van der Waals surface area contributed by atoms with Gasteiger partial charge in [0.05, 0.1) is 10.5 Å². The molecular formula is C17H21F2NO5S. The van der Waals surface area contributed by atoms with E-state index in [1.807, 2.05) is 0 Å². The fraction of sp³-hybridized carbons (Fsp3) is 0.529. The fourth-order valence-electron chi connectivity index (χ4n) is 2.88. The van der Waals surface area contributed by atoms with Crippen LogP contribution in [0.25, 0.3) is 0 Å². The summed E-state index contributed by atoms with van der Waals surface area (Å²) >= 11 is 0. The number of halogens is 2. The molecule has 9 heteroatoms. The molecule has 1 aliphatic carbocycles. The second-order valence-corrected chi connectivity index (χ2v) is 8.26. The Hall–Kier alpha value is -2.03. The minimum atomic E-state index is -4.72. The Labute approximate surface area is 150 Å². The number of hydrogen-bond donors (Lipinski definition) is 1. The number of nitrogens with one attached hydrogen (secondary N) is 1. The molecule has 0 aromatic heterocycles. The topological polar surface area (TPSA) is 89.5 Å². The van der Waals surface area contributed by atoms with E-state index in [1.54, 1.807) is 0 Å². The molecule has 0 radical (unpaired) electrons. The van der Waals surface area contributed by atoms with Crippen LogP contribution in [0, 0.1) is 5.92 Å². The minimum Gasteiger partial charge on any atom is -0.452 e.